The van der Waals surface area contributed by atoms with Crippen LogP contribution >= 0.6 is 0 Å². The number of carbonyl (C=O) groups is 4. The molecular weight excluding hydrogens is 500 g/mol. The highest BCUT2D eigenvalue weighted by atomic mass is 16.4. The lowest BCUT2D eigenvalue weighted by Crippen LogP contribution is -2.52. The molecule has 1 aliphatic rings. The normalized spacial score (nSPS) is 15.8. The van der Waals surface area contributed by atoms with E-state index in [0.717, 1.165) is 34.9 Å². The lowest BCUT2D eigenvalue weighted by molar-refractivity contribution is -0.142. The highest BCUT2D eigenvalue weighted by molar-refractivity contribution is 5.87. The molecule has 1 aliphatic heterocycles. The summed E-state index contributed by atoms with van der Waals surface area (Å²) in [5.74, 6) is -2.09. The number of amides is 3. The number of aliphatic carboxylic acids is 1. The van der Waals surface area contributed by atoms with E-state index >= 15 is 0 Å². The maximum atomic E-state index is 13.1. The summed E-state index contributed by atoms with van der Waals surface area (Å²) >= 11 is 0. The highest BCUT2D eigenvalue weighted by Gasteiger charge is 2.31. The van der Waals surface area contributed by atoms with Gasteiger partial charge in [-0.2, -0.15) is 0 Å². The van der Waals surface area contributed by atoms with Gasteiger partial charge in [0.25, 0.3) is 0 Å². The van der Waals surface area contributed by atoms with Gasteiger partial charge in [-0.25, -0.2) is 9.78 Å². The van der Waals surface area contributed by atoms with Crippen LogP contribution in [0.1, 0.15) is 31.0 Å². The van der Waals surface area contributed by atoms with Crippen molar-refractivity contribution in [3.63, 3.8) is 0 Å². The minimum absolute atomic E-state index is 0.00226. The Labute approximate surface area is 226 Å². The van der Waals surface area contributed by atoms with E-state index < -0.39 is 17.9 Å². The molecule has 1 aromatic heterocycles. The van der Waals surface area contributed by atoms with Crippen LogP contribution < -0.4 is 10.6 Å². The molecule has 1 unspecified atom stereocenters. The molecule has 11 heteroatoms. The SMILES string of the molecule is CC(=O)NC[C@H](NC(=O)CN(Cc1cccc2ccccc12)CC1CCCN1C(=O)Cc1cnc[nH]1)C(=O)O. The number of benzene rings is 2. The average molecular weight is 535 g/mol. The van der Waals surface area contributed by atoms with Gasteiger partial charge in [-0.15, -0.1) is 0 Å². The van der Waals surface area contributed by atoms with Crippen molar-refractivity contribution in [1.82, 2.24) is 30.4 Å². The Hall–Kier alpha value is -4.25. The molecular formula is C28H34N6O5. The van der Waals surface area contributed by atoms with Crippen LogP contribution in [0, 0.1) is 0 Å². The van der Waals surface area contributed by atoms with Crippen LogP contribution in [0.5, 0.6) is 0 Å². The number of aromatic nitrogens is 2. The lowest BCUT2D eigenvalue weighted by Gasteiger charge is -2.31. The maximum Gasteiger partial charge on any atom is 0.328 e. The number of H-pyrrole nitrogens is 1. The number of nitrogens with one attached hydrogen (secondary N) is 3. The van der Waals surface area contributed by atoms with Crippen LogP contribution in [0.2, 0.25) is 0 Å². The molecule has 0 saturated carbocycles. The second-order valence-corrected chi connectivity index (χ2v) is 9.84. The van der Waals surface area contributed by atoms with Gasteiger partial charge in [0.1, 0.15) is 6.04 Å². The van der Waals surface area contributed by atoms with E-state index in [9.17, 15) is 24.3 Å². The van der Waals surface area contributed by atoms with Gasteiger partial charge in [0.15, 0.2) is 0 Å². The Morgan fingerprint density at radius 2 is 1.97 bits per heavy atom. The van der Waals surface area contributed by atoms with E-state index in [1.165, 1.54) is 6.92 Å². The molecule has 2 atom stereocenters. The number of nitrogens with zero attached hydrogens (tertiary/aromatic N) is 3. The third-order valence-corrected chi connectivity index (χ3v) is 6.89. The number of carbonyl (C=O) groups excluding carboxylic acids is 3. The van der Waals surface area contributed by atoms with E-state index in [2.05, 4.69) is 20.6 Å². The van der Waals surface area contributed by atoms with E-state index in [4.69, 9.17) is 0 Å². The molecule has 11 nitrogen and oxygen atoms in total. The largest absolute Gasteiger partial charge is 0.480 e. The van der Waals surface area contributed by atoms with Crippen molar-refractivity contribution in [2.45, 2.75) is 44.8 Å². The third-order valence-electron chi connectivity index (χ3n) is 6.89. The second kappa shape index (κ2) is 13.0. The summed E-state index contributed by atoms with van der Waals surface area (Å²) in [6.07, 6.45) is 5.09. The Kier molecular flexibility index (Phi) is 9.27. The Bertz CT molecular complexity index is 1310. The summed E-state index contributed by atoms with van der Waals surface area (Å²) in [4.78, 5) is 59.8. The number of hydrogen-bond donors (Lipinski definition) is 4. The molecule has 39 heavy (non-hydrogen) atoms. The summed E-state index contributed by atoms with van der Waals surface area (Å²) < 4.78 is 0. The molecule has 4 N–H and O–H groups in total. The third kappa shape index (κ3) is 7.64. The van der Waals surface area contributed by atoms with Crippen molar-refractivity contribution in [3.05, 3.63) is 66.2 Å². The molecule has 1 saturated heterocycles. The quantitative estimate of drug-likeness (QED) is 0.274. The molecule has 0 aliphatic carbocycles. The molecule has 0 radical (unpaired) electrons. The van der Waals surface area contributed by atoms with Gasteiger partial charge in [-0.1, -0.05) is 42.5 Å². The summed E-state index contributed by atoms with van der Waals surface area (Å²) in [6, 6.07) is 12.7. The second-order valence-electron chi connectivity index (χ2n) is 9.84. The molecule has 0 spiro atoms. The first-order chi connectivity index (χ1) is 18.8. The van der Waals surface area contributed by atoms with Crippen LogP contribution in [0.4, 0.5) is 0 Å². The summed E-state index contributed by atoms with van der Waals surface area (Å²) in [6.45, 7) is 2.55. The minimum atomic E-state index is -1.25. The molecule has 3 aromatic rings. The van der Waals surface area contributed by atoms with Crippen molar-refractivity contribution in [1.29, 1.82) is 0 Å². The van der Waals surface area contributed by atoms with Crippen LogP contribution in [-0.2, 0) is 32.1 Å². The first-order valence-electron chi connectivity index (χ1n) is 13.0. The summed E-state index contributed by atoms with van der Waals surface area (Å²) in [5.41, 5.74) is 1.78. The van der Waals surface area contributed by atoms with Crippen molar-refractivity contribution in [2.75, 3.05) is 26.2 Å². The Balaban J connectivity index is 1.51. The number of carboxylic acid groups (broad SMARTS) is 1. The number of imidazole rings is 1. The Morgan fingerprint density at radius 3 is 2.72 bits per heavy atom. The predicted molar refractivity (Wildman–Crippen MR) is 145 cm³/mol. The Morgan fingerprint density at radius 1 is 1.18 bits per heavy atom. The molecule has 2 heterocycles. The van der Waals surface area contributed by atoms with Gasteiger partial charge < -0.3 is 25.6 Å². The standard InChI is InChI=1S/C28H34N6O5/c1-19(35)30-14-25(28(38)39)32-26(36)17-33(15-21-8-4-7-20-6-2-3-10-24(20)21)16-23-9-5-11-34(23)27(37)12-22-13-29-18-31-22/h2-4,6-8,10,13,18,23,25H,5,9,11-12,14-17H2,1H3,(H,29,31)(H,30,35)(H,32,36)(H,38,39)/t23?,25-/m0/s1. The fraction of sp³-hybridized carbons (Fsp3) is 0.393. The smallest absolute Gasteiger partial charge is 0.328 e. The molecule has 0 bridgehead atoms. The highest BCUT2D eigenvalue weighted by Crippen LogP contribution is 2.23. The predicted octanol–water partition coefficient (Wildman–Crippen LogP) is 1.30. The topological polar surface area (TPSA) is 148 Å². The van der Waals surface area contributed by atoms with Gasteiger partial charge in [0.05, 0.1) is 19.3 Å². The first-order valence-corrected chi connectivity index (χ1v) is 13.0. The zero-order valence-corrected chi connectivity index (χ0v) is 21.9. The van der Waals surface area contributed by atoms with Gasteiger partial charge in [-0.05, 0) is 29.2 Å². The zero-order valence-electron chi connectivity index (χ0n) is 21.9. The number of rotatable bonds is 12. The van der Waals surface area contributed by atoms with E-state index in [0.29, 0.717) is 19.6 Å². The number of hydrogen-bond acceptors (Lipinski definition) is 6. The van der Waals surface area contributed by atoms with Gasteiger partial charge in [0, 0.05) is 51.0 Å². The number of fused-ring (bicyclic) bond motifs is 1. The number of carboxylic acids is 1. The van der Waals surface area contributed by atoms with Crippen molar-refractivity contribution in [2.24, 2.45) is 0 Å². The molecule has 206 valence electrons. The van der Waals surface area contributed by atoms with Gasteiger partial charge in [0.2, 0.25) is 17.7 Å². The zero-order chi connectivity index (χ0) is 27.8. The van der Waals surface area contributed by atoms with Crippen molar-refractivity contribution >= 4 is 34.5 Å². The molecule has 2 aromatic carbocycles. The van der Waals surface area contributed by atoms with E-state index in [1.807, 2.05) is 52.3 Å². The number of likely N-dealkylation sites (tertiary alicyclic amines) is 1. The maximum absolute atomic E-state index is 13.1. The van der Waals surface area contributed by atoms with E-state index in [-0.39, 0.29) is 37.4 Å². The fourth-order valence-electron chi connectivity index (χ4n) is 5.04. The average Bonchev–Trinajstić information content (AvgIpc) is 3.58. The lowest BCUT2D eigenvalue weighted by atomic mass is 10.0. The van der Waals surface area contributed by atoms with Crippen LogP contribution in [0.3, 0.4) is 0 Å². The molecule has 1 fully saturated rings. The van der Waals surface area contributed by atoms with Crippen LogP contribution in [0.15, 0.2) is 55.0 Å². The molecule has 4 rings (SSSR count). The van der Waals surface area contributed by atoms with Crippen LogP contribution in [-0.4, -0.2) is 86.8 Å². The first kappa shape index (κ1) is 27.8. The summed E-state index contributed by atoms with van der Waals surface area (Å²) in [7, 11) is 0. The number of aromatic amines is 1. The summed E-state index contributed by atoms with van der Waals surface area (Å²) in [5, 5.41) is 16.6. The van der Waals surface area contributed by atoms with Crippen molar-refractivity contribution in [3.8, 4) is 0 Å². The van der Waals surface area contributed by atoms with Crippen molar-refractivity contribution < 1.29 is 24.3 Å². The molecule has 3 amide bonds. The monoisotopic (exact) mass is 534 g/mol. The fourth-order valence-corrected chi connectivity index (χ4v) is 5.04. The van der Waals surface area contributed by atoms with Gasteiger partial charge in [-0.3, -0.25) is 19.3 Å². The van der Waals surface area contributed by atoms with E-state index in [1.54, 1.807) is 12.5 Å². The van der Waals surface area contributed by atoms with Crippen LogP contribution in [0.25, 0.3) is 10.8 Å². The minimum Gasteiger partial charge on any atom is -0.480 e. The van der Waals surface area contributed by atoms with Gasteiger partial charge >= 0.3 is 5.97 Å².